The van der Waals surface area contributed by atoms with Crippen LogP contribution >= 0.6 is 12.4 Å². The first-order valence-corrected chi connectivity index (χ1v) is 7.15. The van der Waals surface area contributed by atoms with Crippen molar-refractivity contribution in [3.05, 3.63) is 65.7 Å². The van der Waals surface area contributed by atoms with Gasteiger partial charge in [-0.05, 0) is 24.6 Å². The van der Waals surface area contributed by atoms with Crippen LogP contribution in [0.1, 0.15) is 11.1 Å². The molecule has 110 valence electrons. The number of aryl methyl sites for hydroxylation is 1. The molecule has 3 N–H and O–H groups in total. The minimum atomic E-state index is -4.02. The Morgan fingerprint density at radius 3 is 1.85 bits per heavy atom. The highest BCUT2D eigenvalue weighted by molar-refractivity contribution is 7.85. The average Bonchev–Trinajstić information content (AvgIpc) is 2.40. The molecule has 0 aliphatic rings. The summed E-state index contributed by atoms with van der Waals surface area (Å²) in [5, 5.41) is 0. The van der Waals surface area contributed by atoms with Crippen molar-refractivity contribution >= 4 is 22.5 Å². The van der Waals surface area contributed by atoms with Crippen LogP contribution in [0.4, 0.5) is 0 Å². The highest BCUT2D eigenvalue weighted by Gasteiger charge is 2.06. The molecule has 0 aliphatic heterocycles. The summed E-state index contributed by atoms with van der Waals surface area (Å²) in [6.07, 6.45) is 0. The van der Waals surface area contributed by atoms with Gasteiger partial charge in [-0.2, -0.15) is 8.42 Å². The predicted molar refractivity (Wildman–Crippen MR) is 82.6 cm³/mol. The summed E-state index contributed by atoms with van der Waals surface area (Å²) >= 11 is 0. The minimum absolute atomic E-state index is 0. The lowest BCUT2D eigenvalue weighted by atomic mass is 10.2. The number of rotatable bonds is 2. The highest BCUT2D eigenvalue weighted by Crippen LogP contribution is 2.08. The van der Waals surface area contributed by atoms with E-state index in [4.69, 9.17) is 10.3 Å². The second-order valence-corrected chi connectivity index (χ2v) is 5.40. The van der Waals surface area contributed by atoms with Gasteiger partial charge >= 0.3 is 0 Å². The van der Waals surface area contributed by atoms with Crippen molar-refractivity contribution in [3.63, 3.8) is 0 Å². The second-order valence-electron chi connectivity index (χ2n) is 3.98. The lowest BCUT2D eigenvalue weighted by Gasteiger charge is -1.95. The first kappa shape index (κ1) is 18.6. The van der Waals surface area contributed by atoms with E-state index in [1.165, 1.54) is 17.7 Å². The minimum Gasteiger partial charge on any atom is -0.326 e. The van der Waals surface area contributed by atoms with Gasteiger partial charge in [-0.25, -0.2) is 0 Å². The van der Waals surface area contributed by atoms with Crippen LogP contribution in [0.2, 0.25) is 0 Å². The molecular formula is C14H18ClNO3S. The molecule has 0 atom stereocenters. The molecule has 0 saturated carbocycles. The highest BCUT2D eigenvalue weighted by atomic mass is 35.5. The number of hydrogen-bond donors (Lipinski definition) is 2. The molecule has 6 heteroatoms. The summed E-state index contributed by atoms with van der Waals surface area (Å²) in [5.41, 5.74) is 7.49. The van der Waals surface area contributed by atoms with Gasteiger partial charge in [0.25, 0.3) is 10.1 Å². The van der Waals surface area contributed by atoms with Gasteiger partial charge in [0.2, 0.25) is 0 Å². The first-order chi connectivity index (χ1) is 8.93. The van der Waals surface area contributed by atoms with E-state index in [0.29, 0.717) is 6.54 Å². The lowest BCUT2D eigenvalue weighted by molar-refractivity contribution is 0.483. The predicted octanol–water partition coefficient (Wildman–Crippen LogP) is 2.81. The molecule has 0 aliphatic carbocycles. The summed E-state index contributed by atoms with van der Waals surface area (Å²) in [6, 6.07) is 16.0. The molecular weight excluding hydrogens is 298 g/mol. The maximum atomic E-state index is 10.5. The fraction of sp³-hybridized carbons (Fsp3) is 0.143. The third-order valence-electron chi connectivity index (χ3n) is 2.40. The Bertz CT molecular complexity index is 598. The molecule has 4 nitrogen and oxygen atoms in total. The fourth-order valence-corrected chi connectivity index (χ4v) is 1.80. The Labute approximate surface area is 125 Å². The van der Waals surface area contributed by atoms with Gasteiger partial charge in [-0.15, -0.1) is 12.4 Å². The Morgan fingerprint density at radius 1 is 1.00 bits per heavy atom. The van der Waals surface area contributed by atoms with Crippen LogP contribution in [0.5, 0.6) is 0 Å². The van der Waals surface area contributed by atoms with Crippen molar-refractivity contribution in [3.8, 4) is 0 Å². The van der Waals surface area contributed by atoms with Crippen molar-refractivity contribution in [2.75, 3.05) is 0 Å². The van der Waals surface area contributed by atoms with Crippen LogP contribution in [0.25, 0.3) is 0 Å². The Morgan fingerprint density at radius 2 is 1.50 bits per heavy atom. The van der Waals surface area contributed by atoms with Crippen LogP contribution in [0.3, 0.4) is 0 Å². The van der Waals surface area contributed by atoms with Crippen LogP contribution in [-0.4, -0.2) is 13.0 Å². The van der Waals surface area contributed by atoms with E-state index >= 15 is 0 Å². The SMILES string of the molecule is Cc1ccc(S(=O)(=O)O)cc1.Cl.NCc1ccccc1. The van der Waals surface area contributed by atoms with Crippen LogP contribution in [0.15, 0.2) is 59.5 Å². The largest absolute Gasteiger partial charge is 0.326 e. The molecule has 0 heterocycles. The van der Waals surface area contributed by atoms with Gasteiger partial charge in [0.05, 0.1) is 4.90 Å². The molecule has 0 saturated heterocycles. The van der Waals surface area contributed by atoms with Gasteiger partial charge in [-0.3, -0.25) is 4.55 Å². The van der Waals surface area contributed by atoms with E-state index in [9.17, 15) is 8.42 Å². The van der Waals surface area contributed by atoms with Gasteiger partial charge in [0.15, 0.2) is 0 Å². The standard InChI is InChI=1S/C7H9N.C7H8O3S.ClH/c8-6-7-4-2-1-3-5-7;1-6-2-4-7(5-3-6)11(8,9)10;/h1-5H,6,8H2;2-5H,1H3,(H,8,9,10);1H. The van der Waals surface area contributed by atoms with Gasteiger partial charge in [-0.1, -0.05) is 48.0 Å². The molecule has 0 aromatic heterocycles. The van der Waals surface area contributed by atoms with Gasteiger partial charge in [0.1, 0.15) is 0 Å². The van der Waals surface area contributed by atoms with Crippen molar-refractivity contribution in [2.45, 2.75) is 18.4 Å². The molecule has 0 spiro atoms. The second kappa shape index (κ2) is 8.71. The van der Waals surface area contributed by atoms with Gasteiger partial charge in [0, 0.05) is 6.54 Å². The number of nitrogens with two attached hydrogens (primary N) is 1. The van der Waals surface area contributed by atoms with Crippen LogP contribution in [-0.2, 0) is 16.7 Å². The van der Waals surface area contributed by atoms with Crippen molar-refractivity contribution in [2.24, 2.45) is 5.73 Å². The third kappa shape index (κ3) is 6.68. The zero-order chi connectivity index (χ0) is 14.3. The fourth-order valence-electron chi connectivity index (χ4n) is 1.32. The number of hydrogen-bond acceptors (Lipinski definition) is 3. The molecule has 0 bridgehead atoms. The topological polar surface area (TPSA) is 80.4 Å². The monoisotopic (exact) mass is 315 g/mol. The third-order valence-corrected chi connectivity index (χ3v) is 3.27. The van der Waals surface area contributed by atoms with E-state index in [1.807, 2.05) is 37.3 Å². The summed E-state index contributed by atoms with van der Waals surface area (Å²) in [5.74, 6) is 0. The Hall–Kier alpha value is -1.40. The maximum Gasteiger partial charge on any atom is 0.294 e. The summed E-state index contributed by atoms with van der Waals surface area (Å²) in [4.78, 5) is -0.0666. The van der Waals surface area contributed by atoms with E-state index < -0.39 is 10.1 Å². The Kier molecular flexibility index (Phi) is 8.10. The van der Waals surface area contributed by atoms with Crippen LogP contribution < -0.4 is 5.73 Å². The van der Waals surface area contributed by atoms with Crippen molar-refractivity contribution in [1.29, 1.82) is 0 Å². The Balaban J connectivity index is 0.000000359. The molecule has 0 unspecified atom stereocenters. The van der Waals surface area contributed by atoms with E-state index in [1.54, 1.807) is 12.1 Å². The number of benzene rings is 2. The van der Waals surface area contributed by atoms with Crippen molar-refractivity contribution < 1.29 is 13.0 Å². The number of halogens is 1. The zero-order valence-corrected chi connectivity index (χ0v) is 12.7. The molecule has 20 heavy (non-hydrogen) atoms. The smallest absolute Gasteiger partial charge is 0.294 e. The molecule has 0 fully saturated rings. The lowest BCUT2D eigenvalue weighted by Crippen LogP contribution is -1.96. The van der Waals surface area contributed by atoms with Crippen LogP contribution in [0, 0.1) is 6.92 Å². The van der Waals surface area contributed by atoms with Crippen molar-refractivity contribution in [1.82, 2.24) is 0 Å². The summed E-state index contributed by atoms with van der Waals surface area (Å²) in [7, 11) is -4.02. The quantitative estimate of drug-likeness (QED) is 0.835. The molecule has 2 aromatic carbocycles. The van der Waals surface area contributed by atoms with E-state index in [-0.39, 0.29) is 17.3 Å². The maximum absolute atomic E-state index is 10.5. The molecule has 2 rings (SSSR count). The van der Waals surface area contributed by atoms with E-state index in [2.05, 4.69) is 0 Å². The normalized spacial score (nSPS) is 9.95. The first-order valence-electron chi connectivity index (χ1n) is 5.71. The summed E-state index contributed by atoms with van der Waals surface area (Å²) in [6.45, 7) is 2.48. The zero-order valence-electron chi connectivity index (χ0n) is 11.1. The molecule has 0 amide bonds. The molecule has 0 radical (unpaired) electrons. The molecule has 2 aromatic rings. The van der Waals surface area contributed by atoms with Gasteiger partial charge < -0.3 is 5.73 Å². The van der Waals surface area contributed by atoms with E-state index in [0.717, 1.165) is 5.56 Å². The average molecular weight is 316 g/mol. The summed E-state index contributed by atoms with van der Waals surface area (Å²) < 4.78 is 29.6.